The molecule has 2 heterocycles. The average molecular weight is 382 g/mol. The van der Waals surface area contributed by atoms with Crippen LogP contribution in [0.4, 0.5) is 0 Å². The van der Waals surface area contributed by atoms with Gasteiger partial charge < -0.3 is 10.2 Å². The molecule has 1 saturated heterocycles. The van der Waals surface area contributed by atoms with Crippen molar-refractivity contribution in [2.24, 2.45) is 23.7 Å². The highest BCUT2D eigenvalue weighted by Gasteiger charge is 2.51. The van der Waals surface area contributed by atoms with E-state index in [2.05, 4.69) is 10.3 Å². The molecule has 4 aliphatic carbocycles. The van der Waals surface area contributed by atoms with Crippen LogP contribution in [0.1, 0.15) is 67.5 Å². The molecule has 28 heavy (non-hydrogen) atoms. The average Bonchev–Trinajstić information content (AvgIpc) is 2.66. The quantitative estimate of drug-likeness (QED) is 0.874. The Labute approximate surface area is 167 Å². The maximum Gasteiger partial charge on any atom is 0.272 e. The van der Waals surface area contributed by atoms with Crippen molar-refractivity contribution < 1.29 is 9.59 Å². The first-order valence-corrected chi connectivity index (χ1v) is 11.0. The van der Waals surface area contributed by atoms with Crippen molar-refractivity contribution >= 4 is 11.8 Å². The first-order chi connectivity index (χ1) is 13.5. The van der Waals surface area contributed by atoms with Crippen LogP contribution in [0.5, 0.6) is 0 Å². The molecule has 1 aliphatic heterocycles. The SMILES string of the molecule is Cc1cccc(C(=O)N2CCC(C(=O)NC34CC5CC(CC(C5)C3)C4)CC2)n1. The number of likely N-dealkylation sites (tertiary alicyclic amines) is 1. The number of aromatic nitrogens is 1. The smallest absolute Gasteiger partial charge is 0.272 e. The third-order valence-corrected chi connectivity index (χ3v) is 7.69. The molecule has 5 heteroatoms. The molecular formula is C23H31N3O2. The van der Waals surface area contributed by atoms with Gasteiger partial charge in [-0.1, -0.05) is 6.07 Å². The lowest BCUT2D eigenvalue weighted by Gasteiger charge is -2.57. The van der Waals surface area contributed by atoms with E-state index < -0.39 is 0 Å². The maximum atomic E-state index is 13.0. The highest BCUT2D eigenvalue weighted by atomic mass is 16.2. The lowest BCUT2D eigenvalue weighted by atomic mass is 9.53. The molecule has 5 nitrogen and oxygen atoms in total. The van der Waals surface area contributed by atoms with Gasteiger partial charge in [0.05, 0.1) is 0 Å². The summed E-state index contributed by atoms with van der Waals surface area (Å²) in [5.41, 5.74) is 1.46. The van der Waals surface area contributed by atoms with E-state index in [0.717, 1.165) is 36.3 Å². The zero-order valence-corrected chi connectivity index (χ0v) is 16.8. The van der Waals surface area contributed by atoms with Crippen LogP contribution in [0, 0.1) is 30.6 Å². The molecule has 150 valence electrons. The van der Waals surface area contributed by atoms with Crippen molar-refractivity contribution in [1.82, 2.24) is 15.2 Å². The summed E-state index contributed by atoms with van der Waals surface area (Å²) in [5, 5.41) is 3.52. The van der Waals surface area contributed by atoms with Gasteiger partial charge in [-0.15, -0.1) is 0 Å². The zero-order valence-electron chi connectivity index (χ0n) is 16.8. The Balaban J connectivity index is 1.18. The summed E-state index contributed by atoms with van der Waals surface area (Å²) >= 11 is 0. The second kappa shape index (κ2) is 6.85. The normalized spacial score (nSPS) is 34.5. The van der Waals surface area contributed by atoms with Gasteiger partial charge in [-0.2, -0.15) is 0 Å². The number of nitrogens with zero attached hydrogens (tertiary/aromatic N) is 2. The van der Waals surface area contributed by atoms with Crippen molar-refractivity contribution in [1.29, 1.82) is 0 Å². The Morgan fingerprint density at radius 1 is 1.04 bits per heavy atom. The molecular weight excluding hydrogens is 350 g/mol. The van der Waals surface area contributed by atoms with Crippen LogP contribution >= 0.6 is 0 Å². The number of amides is 2. The third kappa shape index (κ3) is 3.33. The lowest BCUT2D eigenvalue weighted by molar-refractivity contribution is -0.132. The Morgan fingerprint density at radius 3 is 2.21 bits per heavy atom. The van der Waals surface area contributed by atoms with E-state index in [1.165, 1.54) is 38.5 Å². The molecule has 4 bridgehead atoms. The number of hydrogen-bond donors (Lipinski definition) is 1. The van der Waals surface area contributed by atoms with Crippen molar-refractivity contribution in [3.8, 4) is 0 Å². The van der Waals surface area contributed by atoms with Crippen LogP contribution in [0.3, 0.4) is 0 Å². The summed E-state index contributed by atoms with van der Waals surface area (Å²) < 4.78 is 0. The van der Waals surface area contributed by atoms with Crippen LogP contribution in [0.2, 0.25) is 0 Å². The van der Waals surface area contributed by atoms with E-state index in [9.17, 15) is 9.59 Å². The van der Waals surface area contributed by atoms with E-state index in [1.807, 2.05) is 24.0 Å². The van der Waals surface area contributed by atoms with Crippen LogP contribution in [-0.2, 0) is 4.79 Å². The Bertz CT molecular complexity index is 747. The van der Waals surface area contributed by atoms with Crippen molar-refractivity contribution in [2.75, 3.05) is 13.1 Å². The van der Waals surface area contributed by atoms with Crippen LogP contribution < -0.4 is 5.32 Å². The van der Waals surface area contributed by atoms with Gasteiger partial charge in [0.1, 0.15) is 5.69 Å². The number of hydrogen-bond acceptors (Lipinski definition) is 3. The fourth-order valence-electron chi connectivity index (χ4n) is 6.80. The number of rotatable bonds is 3. The van der Waals surface area contributed by atoms with Crippen molar-refractivity contribution in [3.05, 3.63) is 29.6 Å². The summed E-state index contributed by atoms with van der Waals surface area (Å²) in [6.45, 7) is 3.19. The molecule has 1 aromatic rings. The first-order valence-electron chi connectivity index (χ1n) is 11.0. The first kappa shape index (κ1) is 18.1. The lowest BCUT2D eigenvalue weighted by Crippen LogP contribution is -2.61. The number of carbonyl (C=O) groups excluding carboxylic acids is 2. The number of carbonyl (C=O) groups is 2. The summed E-state index contributed by atoms with van der Waals surface area (Å²) in [6, 6.07) is 5.56. The minimum atomic E-state index is -0.0105. The van der Waals surface area contributed by atoms with Gasteiger partial charge in [0.2, 0.25) is 5.91 Å². The van der Waals surface area contributed by atoms with Crippen LogP contribution in [0.15, 0.2) is 18.2 Å². The maximum absolute atomic E-state index is 13.0. The predicted molar refractivity (Wildman–Crippen MR) is 107 cm³/mol. The van der Waals surface area contributed by atoms with Gasteiger partial charge in [0.15, 0.2) is 0 Å². The van der Waals surface area contributed by atoms with Gasteiger partial charge in [-0.05, 0) is 88.2 Å². The Kier molecular flexibility index (Phi) is 4.44. The monoisotopic (exact) mass is 381 g/mol. The summed E-state index contributed by atoms with van der Waals surface area (Å²) in [7, 11) is 0. The molecule has 2 amide bonds. The molecule has 5 aliphatic rings. The second-order valence-electron chi connectivity index (χ2n) is 9.92. The third-order valence-electron chi connectivity index (χ3n) is 7.69. The molecule has 6 rings (SSSR count). The number of pyridine rings is 1. The van der Waals surface area contributed by atoms with Crippen molar-refractivity contribution in [3.63, 3.8) is 0 Å². The molecule has 1 N–H and O–H groups in total. The predicted octanol–water partition coefficient (Wildman–Crippen LogP) is 3.33. The number of aryl methyl sites for hydroxylation is 1. The summed E-state index contributed by atoms with van der Waals surface area (Å²) in [4.78, 5) is 31.9. The second-order valence-corrected chi connectivity index (χ2v) is 9.92. The van der Waals surface area contributed by atoms with Crippen molar-refractivity contribution in [2.45, 2.75) is 63.8 Å². The summed E-state index contributed by atoms with van der Waals surface area (Å²) in [5.74, 6) is 2.79. The van der Waals surface area contributed by atoms with E-state index in [4.69, 9.17) is 0 Å². The topological polar surface area (TPSA) is 62.3 Å². The van der Waals surface area contributed by atoms with Gasteiger partial charge >= 0.3 is 0 Å². The Hall–Kier alpha value is -1.91. The van der Waals surface area contributed by atoms with Crippen LogP contribution in [0.25, 0.3) is 0 Å². The fraction of sp³-hybridized carbons (Fsp3) is 0.696. The van der Waals surface area contributed by atoms with E-state index in [1.54, 1.807) is 6.07 Å². The molecule has 0 radical (unpaired) electrons. The number of nitrogens with one attached hydrogen (secondary N) is 1. The van der Waals surface area contributed by atoms with E-state index in [0.29, 0.717) is 18.8 Å². The van der Waals surface area contributed by atoms with Crippen LogP contribution in [-0.4, -0.2) is 40.3 Å². The van der Waals surface area contributed by atoms with E-state index >= 15 is 0 Å². The molecule has 1 aromatic heterocycles. The molecule has 0 atom stereocenters. The zero-order chi connectivity index (χ0) is 19.3. The summed E-state index contributed by atoms with van der Waals surface area (Å²) in [6.07, 6.45) is 9.28. The minimum absolute atomic E-state index is 0.0105. The van der Waals surface area contributed by atoms with Gasteiger partial charge in [0.25, 0.3) is 5.91 Å². The largest absolute Gasteiger partial charge is 0.350 e. The fourth-order valence-corrected chi connectivity index (χ4v) is 6.80. The number of piperidine rings is 1. The van der Waals surface area contributed by atoms with E-state index in [-0.39, 0.29) is 23.3 Å². The highest BCUT2D eigenvalue weighted by Crippen LogP contribution is 2.55. The van der Waals surface area contributed by atoms with Gasteiger partial charge in [0, 0.05) is 30.2 Å². The standard InChI is InChI=1S/C23H31N3O2/c1-15-3-2-4-20(24-15)22(28)26-7-5-19(6-8-26)21(27)25-23-12-16-9-17(13-23)11-18(10-16)14-23/h2-4,16-19H,5-14H2,1H3,(H,25,27). The molecule has 0 spiro atoms. The van der Waals surface area contributed by atoms with Gasteiger partial charge in [-0.25, -0.2) is 4.98 Å². The molecule has 4 saturated carbocycles. The highest BCUT2D eigenvalue weighted by molar-refractivity contribution is 5.92. The Morgan fingerprint density at radius 2 is 1.64 bits per heavy atom. The van der Waals surface area contributed by atoms with Gasteiger partial charge in [-0.3, -0.25) is 9.59 Å². The molecule has 0 aromatic carbocycles. The molecule has 0 unspecified atom stereocenters. The minimum Gasteiger partial charge on any atom is -0.350 e. The molecule has 5 fully saturated rings.